The van der Waals surface area contributed by atoms with E-state index in [-0.39, 0.29) is 11.6 Å². The molecule has 2 bridgehead atoms. The monoisotopic (exact) mass is 348 g/mol. The zero-order valence-electron chi connectivity index (χ0n) is 14.9. The van der Waals surface area contributed by atoms with Gasteiger partial charge in [0.25, 0.3) is 0 Å². The third kappa shape index (κ3) is 1.30. The lowest BCUT2D eigenvalue weighted by molar-refractivity contribution is -0.149. The fourth-order valence-corrected chi connectivity index (χ4v) is 5.86. The van der Waals surface area contributed by atoms with E-state index in [0.717, 1.165) is 16.7 Å². The minimum atomic E-state index is -1.32. The lowest BCUT2D eigenvalue weighted by Gasteiger charge is -2.40. The van der Waals surface area contributed by atoms with Crippen molar-refractivity contribution in [2.75, 3.05) is 7.11 Å². The summed E-state index contributed by atoms with van der Waals surface area (Å²) in [7, 11) is 1.60. The molecule has 5 rings (SSSR count). The van der Waals surface area contributed by atoms with Gasteiger partial charge < -0.3 is 9.84 Å². The number of benzene rings is 2. The van der Waals surface area contributed by atoms with E-state index in [1.54, 1.807) is 20.1 Å². The van der Waals surface area contributed by atoms with E-state index in [0.29, 0.717) is 5.75 Å². The molecular formula is C22H20O4. The molecule has 2 aromatic rings. The Hall–Kier alpha value is -2.46. The highest BCUT2D eigenvalue weighted by Crippen LogP contribution is 2.80. The van der Waals surface area contributed by atoms with Gasteiger partial charge in [-0.25, -0.2) is 0 Å². The second kappa shape index (κ2) is 4.44. The van der Waals surface area contributed by atoms with Gasteiger partial charge in [0.05, 0.1) is 17.9 Å². The normalized spacial score (nSPS) is 39.4. The first-order valence-corrected chi connectivity index (χ1v) is 8.87. The van der Waals surface area contributed by atoms with E-state index < -0.39 is 28.3 Å². The van der Waals surface area contributed by atoms with Gasteiger partial charge in [0, 0.05) is 11.3 Å². The maximum Gasteiger partial charge on any atom is 0.170 e. The molecule has 132 valence electrons. The average Bonchev–Trinajstić information content (AvgIpc) is 3.28. The molecule has 0 spiro atoms. The number of carbonyl (C=O) groups is 2. The summed E-state index contributed by atoms with van der Waals surface area (Å²) in [4.78, 5) is 26.7. The predicted molar refractivity (Wildman–Crippen MR) is 95.2 cm³/mol. The summed E-state index contributed by atoms with van der Waals surface area (Å²) in [6.07, 6.45) is -1.32. The van der Waals surface area contributed by atoms with Gasteiger partial charge in [-0.1, -0.05) is 43.3 Å². The van der Waals surface area contributed by atoms with Crippen molar-refractivity contribution in [2.24, 2.45) is 11.3 Å². The molecule has 0 saturated heterocycles. The van der Waals surface area contributed by atoms with E-state index in [1.807, 2.05) is 49.4 Å². The molecule has 0 aliphatic heterocycles. The molecule has 4 heteroatoms. The third-order valence-electron chi connectivity index (χ3n) is 7.27. The Morgan fingerprint density at radius 1 is 0.962 bits per heavy atom. The van der Waals surface area contributed by atoms with Crippen LogP contribution >= 0.6 is 0 Å². The highest BCUT2D eigenvalue weighted by molar-refractivity contribution is 6.17. The zero-order valence-corrected chi connectivity index (χ0v) is 14.9. The summed E-state index contributed by atoms with van der Waals surface area (Å²) in [5.41, 5.74) is -0.240. The van der Waals surface area contributed by atoms with Gasteiger partial charge in [-0.3, -0.25) is 9.59 Å². The third-order valence-corrected chi connectivity index (χ3v) is 7.27. The van der Waals surface area contributed by atoms with Crippen LogP contribution in [0.3, 0.4) is 0 Å². The van der Waals surface area contributed by atoms with Crippen molar-refractivity contribution in [3.8, 4) is 5.75 Å². The van der Waals surface area contributed by atoms with E-state index in [1.165, 1.54) is 0 Å². The fourth-order valence-electron chi connectivity index (χ4n) is 5.86. The van der Waals surface area contributed by atoms with Crippen LogP contribution in [-0.2, 0) is 20.4 Å². The van der Waals surface area contributed by atoms with Crippen LogP contribution in [0, 0.1) is 11.3 Å². The second-order valence-corrected chi connectivity index (χ2v) is 8.05. The first-order chi connectivity index (χ1) is 12.4. The number of hydrogen-bond donors (Lipinski definition) is 1. The van der Waals surface area contributed by atoms with Gasteiger partial charge in [0.2, 0.25) is 0 Å². The Bertz CT molecular complexity index is 981. The molecule has 0 amide bonds. The minimum absolute atomic E-state index is 0.0337. The van der Waals surface area contributed by atoms with E-state index in [4.69, 9.17) is 4.74 Å². The van der Waals surface area contributed by atoms with Crippen LogP contribution in [0.2, 0.25) is 0 Å². The summed E-state index contributed by atoms with van der Waals surface area (Å²) >= 11 is 0. The molecule has 0 heterocycles. The summed E-state index contributed by atoms with van der Waals surface area (Å²) in [6.45, 7) is 3.54. The largest absolute Gasteiger partial charge is 0.497 e. The molecule has 0 radical (unpaired) electrons. The number of methoxy groups -OCH3 is 1. The van der Waals surface area contributed by atoms with Crippen LogP contribution in [0.4, 0.5) is 0 Å². The van der Waals surface area contributed by atoms with E-state index >= 15 is 0 Å². The van der Waals surface area contributed by atoms with Gasteiger partial charge in [-0.15, -0.1) is 0 Å². The second-order valence-electron chi connectivity index (χ2n) is 8.05. The molecule has 5 atom stereocenters. The van der Waals surface area contributed by atoms with Crippen molar-refractivity contribution in [3.63, 3.8) is 0 Å². The summed E-state index contributed by atoms with van der Waals surface area (Å²) in [5, 5.41) is 10.9. The number of aliphatic hydroxyl groups is 1. The number of rotatable bonds is 2. The number of carbonyl (C=O) groups excluding carboxylic acids is 2. The van der Waals surface area contributed by atoms with Gasteiger partial charge in [-0.2, -0.15) is 0 Å². The van der Waals surface area contributed by atoms with Crippen LogP contribution in [0.15, 0.2) is 48.5 Å². The number of hydrogen-bond acceptors (Lipinski definition) is 4. The SMILES string of the molecule is COc1ccc2c(c1)[C@]1(c3ccccc3)[C@@H]3C(=O)[C@@]2(C)[C@H](O)C(=O)[C@]31C. The van der Waals surface area contributed by atoms with Crippen LogP contribution in [0.25, 0.3) is 0 Å². The summed E-state index contributed by atoms with van der Waals surface area (Å²) in [5.74, 6) is -0.0252. The smallest absolute Gasteiger partial charge is 0.170 e. The molecule has 0 aromatic heterocycles. The molecule has 0 unspecified atom stereocenters. The van der Waals surface area contributed by atoms with Crippen LogP contribution in [0.5, 0.6) is 5.75 Å². The summed E-state index contributed by atoms with van der Waals surface area (Å²) < 4.78 is 5.43. The van der Waals surface area contributed by atoms with Crippen molar-refractivity contribution in [3.05, 3.63) is 65.2 Å². The standard InChI is InChI=1S/C22H20O4/c1-20-14-10-9-13(26-3)11-15(14)22(12-7-5-4-6-8-12)16(17(20)23)21(22,2)19(25)18(20)24/h4-11,16,18,24H,1-3H3/t16-,18-,20+,21+,22-/m1/s1. The molecule has 2 aromatic carbocycles. The molecule has 3 aliphatic rings. The number of aliphatic hydroxyl groups excluding tert-OH is 1. The number of ketones is 2. The number of fused-ring (bicyclic) bond motifs is 5. The first-order valence-electron chi connectivity index (χ1n) is 8.87. The molecule has 2 fully saturated rings. The maximum atomic E-state index is 13.5. The molecule has 26 heavy (non-hydrogen) atoms. The molecular weight excluding hydrogens is 328 g/mol. The first kappa shape index (κ1) is 15.8. The Balaban J connectivity index is 1.94. The Morgan fingerprint density at radius 2 is 1.65 bits per heavy atom. The van der Waals surface area contributed by atoms with Gasteiger partial charge >= 0.3 is 0 Å². The van der Waals surface area contributed by atoms with Crippen LogP contribution in [-0.4, -0.2) is 29.9 Å². The van der Waals surface area contributed by atoms with Crippen molar-refractivity contribution < 1.29 is 19.4 Å². The topological polar surface area (TPSA) is 63.6 Å². The lowest BCUT2D eigenvalue weighted by atomic mass is 9.62. The van der Waals surface area contributed by atoms with E-state index in [9.17, 15) is 14.7 Å². The number of ether oxygens (including phenoxy) is 1. The van der Waals surface area contributed by atoms with Crippen molar-refractivity contribution in [1.29, 1.82) is 0 Å². The predicted octanol–water partition coefficient (Wildman–Crippen LogP) is 2.40. The average molecular weight is 348 g/mol. The quantitative estimate of drug-likeness (QED) is 0.905. The van der Waals surface area contributed by atoms with Crippen molar-refractivity contribution >= 4 is 11.6 Å². The number of Topliss-reactive ketones (excluding diaryl/α,β-unsaturated/α-hetero) is 2. The highest BCUT2D eigenvalue weighted by Gasteiger charge is 2.89. The van der Waals surface area contributed by atoms with Gasteiger partial charge in [-0.05, 0) is 35.7 Å². The van der Waals surface area contributed by atoms with Crippen molar-refractivity contribution in [2.45, 2.75) is 30.8 Å². The minimum Gasteiger partial charge on any atom is -0.497 e. The summed E-state index contributed by atoms with van der Waals surface area (Å²) in [6, 6.07) is 15.3. The van der Waals surface area contributed by atoms with Crippen LogP contribution in [0.1, 0.15) is 30.5 Å². The highest BCUT2D eigenvalue weighted by atomic mass is 16.5. The Labute approximate surface area is 151 Å². The molecule has 1 N–H and O–H groups in total. The molecule has 4 nitrogen and oxygen atoms in total. The van der Waals surface area contributed by atoms with Gasteiger partial charge in [0.1, 0.15) is 11.9 Å². The van der Waals surface area contributed by atoms with Gasteiger partial charge in [0.15, 0.2) is 11.6 Å². The maximum absolute atomic E-state index is 13.5. The Kier molecular flexibility index (Phi) is 2.69. The van der Waals surface area contributed by atoms with E-state index in [2.05, 4.69) is 0 Å². The fraction of sp³-hybridized carbons (Fsp3) is 0.364. The molecule has 2 saturated carbocycles. The van der Waals surface area contributed by atoms with Crippen molar-refractivity contribution in [1.82, 2.24) is 0 Å². The Morgan fingerprint density at radius 3 is 2.31 bits per heavy atom. The molecule has 3 aliphatic carbocycles. The zero-order chi connectivity index (χ0) is 18.5. The lowest BCUT2D eigenvalue weighted by Crippen LogP contribution is -2.55. The van der Waals surface area contributed by atoms with Crippen LogP contribution < -0.4 is 4.74 Å².